The van der Waals surface area contributed by atoms with Crippen molar-refractivity contribution >= 4 is 15.9 Å². The molecular formula is C17H21N3O5S. The van der Waals surface area contributed by atoms with Crippen LogP contribution < -0.4 is 15.6 Å². The molecule has 1 aromatic heterocycles. The molecule has 0 bridgehead atoms. The van der Waals surface area contributed by atoms with Crippen LogP contribution >= 0.6 is 0 Å². The molecule has 0 atom stereocenters. The van der Waals surface area contributed by atoms with Crippen molar-refractivity contribution in [2.24, 2.45) is 0 Å². The highest BCUT2D eigenvalue weighted by molar-refractivity contribution is 7.89. The number of methoxy groups -OCH3 is 1. The molecule has 0 spiro atoms. The summed E-state index contributed by atoms with van der Waals surface area (Å²) in [5.74, 6) is 0.224. The maximum atomic E-state index is 12.2. The van der Waals surface area contributed by atoms with E-state index < -0.39 is 21.5 Å². The lowest BCUT2D eigenvalue weighted by atomic mass is 10.2. The van der Waals surface area contributed by atoms with E-state index in [1.165, 1.54) is 33.5 Å². The third-order valence-electron chi connectivity index (χ3n) is 3.72. The average molecular weight is 379 g/mol. The van der Waals surface area contributed by atoms with Crippen LogP contribution in [0.25, 0.3) is 0 Å². The van der Waals surface area contributed by atoms with E-state index in [4.69, 9.17) is 4.74 Å². The number of hydrogen-bond acceptors (Lipinski definition) is 5. The first-order valence-corrected chi connectivity index (χ1v) is 9.21. The second-order valence-corrected chi connectivity index (χ2v) is 7.86. The highest BCUT2D eigenvalue weighted by Gasteiger charge is 2.18. The van der Waals surface area contributed by atoms with Crippen LogP contribution in [0.3, 0.4) is 0 Å². The van der Waals surface area contributed by atoms with Gasteiger partial charge in [0.05, 0.1) is 12.0 Å². The van der Waals surface area contributed by atoms with Crippen LogP contribution in [0.4, 0.5) is 0 Å². The Morgan fingerprint density at radius 3 is 2.54 bits per heavy atom. The molecule has 2 rings (SSSR count). The predicted molar refractivity (Wildman–Crippen MR) is 96.4 cm³/mol. The van der Waals surface area contributed by atoms with E-state index in [1.54, 1.807) is 6.07 Å². The summed E-state index contributed by atoms with van der Waals surface area (Å²) in [7, 11) is 0.635. The Balaban J connectivity index is 2.13. The minimum atomic E-state index is -3.69. The lowest BCUT2D eigenvalue weighted by molar-refractivity contribution is -0.121. The van der Waals surface area contributed by atoms with Crippen molar-refractivity contribution in [1.29, 1.82) is 0 Å². The number of benzene rings is 1. The molecule has 0 fully saturated rings. The summed E-state index contributed by atoms with van der Waals surface area (Å²) in [6.45, 7) is -0.0575. The van der Waals surface area contributed by atoms with Crippen molar-refractivity contribution in [3.63, 3.8) is 0 Å². The molecule has 1 amide bonds. The number of nitrogens with zero attached hydrogens (tertiary/aromatic N) is 2. The number of aromatic nitrogens is 1. The summed E-state index contributed by atoms with van der Waals surface area (Å²) in [4.78, 5) is 24.0. The largest absolute Gasteiger partial charge is 0.496 e. The molecule has 9 heteroatoms. The summed E-state index contributed by atoms with van der Waals surface area (Å²) in [6, 6.07) is 9.59. The molecule has 0 aliphatic heterocycles. The van der Waals surface area contributed by atoms with Crippen molar-refractivity contribution in [3.05, 3.63) is 58.5 Å². The fourth-order valence-electron chi connectivity index (χ4n) is 2.25. The maximum absolute atomic E-state index is 12.2. The standard InChI is InChI=1S/C17H21N3O5S/c1-19(2)26(23,24)14-8-9-17(22)20(11-14)12-16(21)18-10-13-6-4-5-7-15(13)25-3/h4-9,11H,10,12H2,1-3H3,(H,18,21). The Labute approximate surface area is 152 Å². The fraction of sp³-hybridized carbons (Fsp3) is 0.294. The molecule has 0 unspecified atom stereocenters. The summed E-state index contributed by atoms with van der Waals surface area (Å²) in [6.07, 6.45) is 1.17. The van der Waals surface area contributed by atoms with E-state index in [9.17, 15) is 18.0 Å². The van der Waals surface area contributed by atoms with Crippen molar-refractivity contribution < 1.29 is 17.9 Å². The molecule has 2 aromatic rings. The zero-order valence-electron chi connectivity index (χ0n) is 14.8. The van der Waals surface area contributed by atoms with E-state index in [1.807, 2.05) is 18.2 Å². The monoisotopic (exact) mass is 379 g/mol. The van der Waals surface area contributed by atoms with Crippen molar-refractivity contribution in [2.75, 3.05) is 21.2 Å². The number of amides is 1. The second kappa shape index (κ2) is 8.15. The highest BCUT2D eigenvalue weighted by Crippen LogP contribution is 2.16. The number of para-hydroxylation sites is 1. The quantitative estimate of drug-likeness (QED) is 0.752. The first-order chi connectivity index (χ1) is 12.3. The first kappa shape index (κ1) is 19.7. The van der Waals surface area contributed by atoms with Gasteiger partial charge in [-0.05, 0) is 12.1 Å². The van der Waals surface area contributed by atoms with Gasteiger partial charge in [-0.2, -0.15) is 0 Å². The third kappa shape index (κ3) is 4.50. The summed E-state index contributed by atoms with van der Waals surface area (Å²) in [5, 5.41) is 2.69. The Morgan fingerprint density at radius 1 is 1.19 bits per heavy atom. The summed E-state index contributed by atoms with van der Waals surface area (Å²) in [5.41, 5.74) is 0.329. The van der Waals surface area contributed by atoms with Gasteiger partial charge >= 0.3 is 0 Å². The van der Waals surface area contributed by atoms with Crippen LogP contribution in [0.1, 0.15) is 5.56 Å². The number of sulfonamides is 1. The molecule has 1 aromatic carbocycles. The zero-order valence-corrected chi connectivity index (χ0v) is 15.6. The van der Waals surface area contributed by atoms with Gasteiger partial charge in [-0.25, -0.2) is 12.7 Å². The van der Waals surface area contributed by atoms with Crippen LogP contribution in [0.15, 0.2) is 52.3 Å². The van der Waals surface area contributed by atoms with Gasteiger partial charge in [-0.1, -0.05) is 18.2 Å². The van der Waals surface area contributed by atoms with E-state index >= 15 is 0 Å². The summed E-state index contributed by atoms with van der Waals surface area (Å²) < 4.78 is 31.6. The van der Waals surface area contributed by atoms with Crippen molar-refractivity contribution in [2.45, 2.75) is 18.0 Å². The number of ether oxygens (including phenoxy) is 1. The fourth-order valence-corrected chi connectivity index (χ4v) is 3.17. The van der Waals surface area contributed by atoms with Crippen LogP contribution in [0.5, 0.6) is 5.75 Å². The minimum Gasteiger partial charge on any atom is -0.496 e. The van der Waals surface area contributed by atoms with Gasteiger partial charge in [0.15, 0.2) is 0 Å². The van der Waals surface area contributed by atoms with Gasteiger partial charge < -0.3 is 14.6 Å². The van der Waals surface area contributed by atoms with E-state index in [2.05, 4.69) is 5.32 Å². The van der Waals surface area contributed by atoms with Gasteiger partial charge in [0, 0.05) is 38.5 Å². The molecule has 1 N–H and O–H groups in total. The smallest absolute Gasteiger partial charge is 0.251 e. The van der Waals surface area contributed by atoms with Crippen LogP contribution in [0.2, 0.25) is 0 Å². The Kier molecular flexibility index (Phi) is 6.17. The molecule has 1 heterocycles. The minimum absolute atomic E-state index is 0.0559. The lowest BCUT2D eigenvalue weighted by Gasteiger charge is -2.13. The SMILES string of the molecule is COc1ccccc1CNC(=O)Cn1cc(S(=O)(=O)N(C)C)ccc1=O. The van der Waals surface area contributed by atoms with E-state index in [-0.39, 0.29) is 18.0 Å². The van der Waals surface area contributed by atoms with Gasteiger partial charge in [0.25, 0.3) is 5.56 Å². The van der Waals surface area contributed by atoms with Gasteiger partial charge in [-0.3, -0.25) is 9.59 Å². The van der Waals surface area contributed by atoms with E-state index in [0.29, 0.717) is 5.75 Å². The third-order valence-corrected chi connectivity index (χ3v) is 5.52. The van der Waals surface area contributed by atoms with E-state index in [0.717, 1.165) is 20.5 Å². The molecule has 0 saturated heterocycles. The van der Waals surface area contributed by atoms with Crippen LogP contribution in [0, 0.1) is 0 Å². The van der Waals surface area contributed by atoms with Crippen LogP contribution in [-0.2, 0) is 27.9 Å². The average Bonchev–Trinajstić information content (AvgIpc) is 2.61. The molecule has 0 aliphatic carbocycles. The second-order valence-electron chi connectivity index (χ2n) is 5.71. The van der Waals surface area contributed by atoms with Gasteiger partial charge in [-0.15, -0.1) is 0 Å². The molecule has 0 aliphatic rings. The number of nitrogens with one attached hydrogen (secondary N) is 1. The first-order valence-electron chi connectivity index (χ1n) is 7.77. The zero-order chi connectivity index (χ0) is 19.3. The topological polar surface area (TPSA) is 97.7 Å². The summed E-state index contributed by atoms with van der Waals surface area (Å²) >= 11 is 0. The molecule has 140 valence electrons. The predicted octanol–water partition coefficient (Wildman–Crippen LogP) is 0.424. The Bertz CT molecular complexity index is 951. The van der Waals surface area contributed by atoms with Gasteiger partial charge in [0.1, 0.15) is 12.3 Å². The van der Waals surface area contributed by atoms with Crippen molar-refractivity contribution in [3.8, 4) is 5.75 Å². The number of hydrogen-bond donors (Lipinski definition) is 1. The molecule has 0 radical (unpaired) electrons. The van der Waals surface area contributed by atoms with Crippen LogP contribution in [-0.4, -0.2) is 44.4 Å². The Morgan fingerprint density at radius 2 is 1.88 bits per heavy atom. The molecule has 8 nitrogen and oxygen atoms in total. The lowest BCUT2D eigenvalue weighted by Crippen LogP contribution is -2.32. The molecule has 0 saturated carbocycles. The Hall–Kier alpha value is -2.65. The maximum Gasteiger partial charge on any atom is 0.251 e. The van der Waals surface area contributed by atoms with Gasteiger partial charge in [0.2, 0.25) is 15.9 Å². The number of rotatable bonds is 7. The number of carbonyl (C=O) groups is 1. The molecular weight excluding hydrogens is 358 g/mol. The molecule has 26 heavy (non-hydrogen) atoms. The number of carbonyl (C=O) groups excluding carboxylic acids is 1. The highest BCUT2D eigenvalue weighted by atomic mass is 32.2. The normalized spacial score (nSPS) is 11.4. The number of pyridine rings is 1. The van der Waals surface area contributed by atoms with Crippen molar-refractivity contribution in [1.82, 2.24) is 14.2 Å².